The van der Waals surface area contributed by atoms with Gasteiger partial charge in [-0.3, -0.25) is 20.4 Å². The van der Waals surface area contributed by atoms with Crippen LogP contribution in [0.1, 0.15) is 25.5 Å². The van der Waals surface area contributed by atoms with Crippen LogP contribution in [0.25, 0.3) is 0 Å². The Morgan fingerprint density at radius 1 is 1.18 bits per heavy atom. The van der Waals surface area contributed by atoms with Crippen LogP contribution in [0, 0.1) is 0 Å². The van der Waals surface area contributed by atoms with Crippen molar-refractivity contribution in [3.63, 3.8) is 0 Å². The molecule has 92 valence electrons. The average molecular weight is 235 g/mol. The van der Waals surface area contributed by atoms with E-state index in [0.717, 1.165) is 5.56 Å². The Bertz CT molecular complexity index is 379. The van der Waals surface area contributed by atoms with Gasteiger partial charge in [-0.1, -0.05) is 30.3 Å². The van der Waals surface area contributed by atoms with Crippen LogP contribution in [-0.4, -0.2) is 18.4 Å². The molecule has 0 heterocycles. The molecule has 2 amide bonds. The first-order chi connectivity index (χ1) is 8.09. The van der Waals surface area contributed by atoms with Crippen LogP contribution >= 0.6 is 0 Å². The van der Waals surface area contributed by atoms with Gasteiger partial charge in [0.1, 0.15) is 0 Å². The molecule has 0 radical (unpaired) electrons. The average Bonchev–Trinajstić information content (AvgIpc) is 2.34. The van der Waals surface area contributed by atoms with Crippen LogP contribution in [0.5, 0.6) is 0 Å². The normalized spacial score (nSPS) is 11.6. The summed E-state index contributed by atoms with van der Waals surface area (Å²) in [6.07, 6.45) is 0. The summed E-state index contributed by atoms with van der Waals surface area (Å²) in [6.45, 7) is 3.46. The smallest absolute Gasteiger partial charge is 0.252 e. The molecular formula is C12H17N3O2. The quantitative estimate of drug-likeness (QED) is 0.666. The minimum Gasteiger partial charge on any atom is -0.302 e. The summed E-state index contributed by atoms with van der Waals surface area (Å²) in [5.74, 6) is -0.572. The standard InChI is InChI=1S/C12H17N3O2/c1-9(11-6-4-3-5-7-11)13-8-12(17)15-14-10(2)16/h3-7,9,13H,8H2,1-2H3,(H,14,16)(H,15,17)/t9-/m1/s1. The first-order valence-electron chi connectivity index (χ1n) is 5.43. The maximum atomic E-state index is 11.3. The van der Waals surface area contributed by atoms with E-state index in [9.17, 15) is 9.59 Å². The Kier molecular flexibility index (Phi) is 5.16. The Morgan fingerprint density at radius 2 is 1.82 bits per heavy atom. The monoisotopic (exact) mass is 235 g/mol. The van der Waals surface area contributed by atoms with Crippen molar-refractivity contribution in [3.05, 3.63) is 35.9 Å². The van der Waals surface area contributed by atoms with Gasteiger partial charge in [0.05, 0.1) is 6.54 Å². The largest absolute Gasteiger partial charge is 0.302 e. The van der Waals surface area contributed by atoms with Crippen LogP contribution in [0.4, 0.5) is 0 Å². The zero-order valence-corrected chi connectivity index (χ0v) is 9.99. The van der Waals surface area contributed by atoms with E-state index in [-0.39, 0.29) is 24.4 Å². The molecule has 0 saturated carbocycles. The Balaban J connectivity index is 2.31. The van der Waals surface area contributed by atoms with Crippen molar-refractivity contribution < 1.29 is 9.59 Å². The molecule has 0 unspecified atom stereocenters. The number of hydrogen-bond donors (Lipinski definition) is 3. The van der Waals surface area contributed by atoms with E-state index in [1.54, 1.807) is 0 Å². The fourth-order valence-corrected chi connectivity index (χ4v) is 1.31. The van der Waals surface area contributed by atoms with Gasteiger partial charge in [0.25, 0.3) is 5.91 Å². The number of nitrogens with one attached hydrogen (secondary N) is 3. The van der Waals surface area contributed by atoms with Gasteiger partial charge in [-0.2, -0.15) is 0 Å². The molecule has 3 N–H and O–H groups in total. The summed E-state index contributed by atoms with van der Waals surface area (Å²) < 4.78 is 0. The molecule has 0 aromatic heterocycles. The maximum absolute atomic E-state index is 11.3. The van der Waals surface area contributed by atoms with Gasteiger partial charge in [0, 0.05) is 13.0 Å². The number of rotatable bonds is 4. The lowest BCUT2D eigenvalue weighted by Gasteiger charge is -2.13. The third-order valence-electron chi connectivity index (χ3n) is 2.25. The highest BCUT2D eigenvalue weighted by Crippen LogP contribution is 2.10. The van der Waals surface area contributed by atoms with Gasteiger partial charge < -0.3 is 5.32 Å². The lowest BCUT2D eigenvalue weighted by Crippen LogP contribution is -2.44. The summed E-state index contributed by atoms with van der Waals surface area (Å²) in [5.41, 5.74) is 5.63. The fourth-order valence-electron chi connectivity index (χ4n) is 1.31. The molecule has 0 aliphatic rings. The second-order valence-electron chi connectivity index (χ2n) is 3.74. The molecule has 1 rings (SSSR count). The predicted octanol–water partition coefficient (Wildman–Crippen LogP) is 0.505. The van der Waals surface area contributed by atoms with Gasteiger partial charge in [0.15, 0.2) is 0 Å². The minimum atomic E-state index is -0.297. The van der Waals surface area contributed by atoms with E-state index in [1.807, 2.05) is 37.3 Å². The second-order valence-corrected chi connectivity index (χ2v) is 3.74. The van der Waals surface area contributed by atoms with Gasteiger partial charge in [-0.15, -0.1) is 0 Å². The van der Waals surface area contributed by atoms with Crippen molar-refractivity contribution in [1.29, 1.82) is 0 Å². The van der Waals surface area contributed by atoms with E-state index in [1.165, 1.54) is 6.92 Å². The Morgan fingerprint density at radius 3 is 2.41 bits per heavy atom. The minimum absolute atomic E-state index is 0.0827. The van der Waals surface area contributed by atoms with Crippen LogP contribution in [0.2, 0.25) is 0 Å². The van der Waals surface area contributed by atoms with Crippen molar-refractivity contribution in [2.45, 2.75) is 19.9 Å². The summed E-state index contributed by atoms with van der Waals surface area (Å²) in [7, 11) is 0. The van der Waals surface area contributed by atoms with Crippen molar-refractivity contribution in [2.24, 2.45) is 0 Å². The van der Waals surface area contributed by atoms with E-state index in [2.05, 4.69) is 16.2 Å². The van der Waals surface area contributed by atoms with E-state index < -0.39 is 0 Å². The van der Waals surface area contributed by atoms with Gasteiger partial charge in [0.2, 0.25) is 5.91 Å². The molecule has 1 aromatic rings. The van der Waals surface area contributed by atoms with Crippen LogP contribution in [0.15, 0.2) is 30.3 Å². The number of carbonyl (C=O) groups is 2. The second kappa shape index (κ2) is 6.65. The van der Waals surface area contributed by atoms with E-state index >= 15 is 0 Å². The highest BCUT2D eigenvalue weighted by atomic mass is 16.2. The summed E-state index contributed by atoms with van der Waals surface area (Å²) in [5, 5.41) is 3.06. The van der Waals surface area contributed by atoms with Gasteiger partial charge in [-0.05, 0) is 12.5 Å². The zero-order valence-electron chi connectivity index (χ0n) is 9.99. The number of hydrazine groups is 1. The highest BCUT2D eigenvalue weighted by molar-refractivity contribution is 5.81. The number of benzene rings is 1. The third kappa shape index (κ3) is 5.12. The number of hydrogen-bond acceptors (Lipinski definition) is 3. The molecule has 1 aromatic carbocycles. The molecule has 1 atom stereocenters. The van der Waals surface area contributed by atoms with Crippen molar-refractivity contribution in [3.8, 4) is 0 Å². The summed E-state index contributed by atoms with van der Waals surface area (Å²) in [4.78, 5) is 21.9. The summed E-state index contributed by atoms with van der Waals surface area (Å²) in [6, 6.07) is 9.90. The van der Waals surface area contributed by atoms with Crippen LogP contribution in [-0.2, 0) is 9.59 Å². The van der Waals surface area contributed by atoms with Crippen molar-refractivity contribution in [2.75, 3.05) is 6.54 Å². The fraction of sp³-hybridized carbons (Fsp3) is 0.333. The maximum Gasteiger partial charge on any atom is 0.252 e. The molecular weight excluding hydrogens is 218 g/mol. The van der Waals surface area contributed by atoms with Gasteiger partial charge in [-0.25, -0.2) is 0 Å². The van der Waals surface area contributed by atoms with Crippen molar-refractivity contribution >= 4 is 11.8 Å². The Hall–Kier alpha value is -1.88. The van der Waals surface area contributed by atoms with E-state index in [4.69, 9.17) is 0 Å². The topological polar surface area (TPSA) is 70.2 Å². The molecule has 0 aliphatic heterocycles. The number of amides is 2. The molecule has 0 spiro atoms. The SMILES string of the molecule is CC(=O)NNC(=O)CN[C@H](C)c1ccccc1. The highest BCUT2D eigenvalue weighted by Gasteiger charge is 2.06. The zero-order chi connectivity index (χ0) is 12.7. The predicted molar refractivity (Wildman–Crippen MR) is 64.8 cm³/mol. The molecule has 5 nitrogen and oxygen atoms in total. The van der Waals surface area contributed by atoms with Crippen LogP contribution in [0.3, 0.4) is 0 Å². The summed E-state index contributed by atoms with van der Waals surface area (Å²) >= 11 is 0. The molecule has 0 fully saturated rings. The lowest BCUT2D eigenvalue weighted by atomic mass is 10.1. The van der Waals surface area contributed by atoms with Crippen LogP contribution < -0.4 is 16.2 Å². The molecule has 0 saturated heterocycles. The molecule has 0 bridgehead atoms. The Labute approximate surface area is 101 Å². The first kappa shape index (κ1) is 13.2. The lowest BCUT2D eigenvalue weighted by molar-refractivity contribution is -0.127. The number of carbonyl (C=O) groups excluding carboxylic acids is 2. The molecule has 5 heteroatoms. The molecule has 0 aliphatic carbocycles. The third-order valence-corrected chi connectivity index (χ3v) is 2.25. The molecule has 17 heavy (non-hydrogen) atoms. The van der Waals surface area contributed by atoms with Gasteiger partial charge >= 0.3 is 0 Å². The first-order valence-corrected chi connectivity index (χ1v) is 5.43. The van der Waals surface area contributed by atoms with Crippen molar-refractivity contribution in [1.82, 2.24) is 16.2 Å². The van der Waals surface area contributed by atoms with E-state index in [0.29, 0.717) is 0 Å².